The van der Waals surface area contributed by atoms with Crippen molar-refractivity contribution in [2.45, 2.75) is 19.1 Å². The Hall–Kier alpha value is -3.09. The minimum absolute atomic E-state index is 0.320. The van der Waals surface area contributed by atoms with Crippen molar-refractivity contribution >= 4 is 34.8 Å². The molecule has 2 aromatic carbocycles. The van der Waals surface area contributed by atoms with E-state index >= 15 is 0 Å². The van der Waals surface area contributed by atoms with Crippen LogP contribution in [0.4, 0.5) is 11.4 Å². The standard InChI is InChI=1S/C22H17ClN2O4/c1-13-5-2-3-6-16(13)25-19(17-7-4-12-28-17)18-20(29-25)22(27)24(21(18)26)15-10-8-14(23)9-11-15/h2-12,18-20H,1H3/t18-,19-,20+/m0/s1. The van der Waals surface area contributed by atoms with E-state index in [-0.39, 0.29) is 5.91 Å². The van der Waals surface area contributed by atoms with E-state index in [1.54, 1.807) is 47.7 Å². The van der Waals surface area contributed by atoms with Gasteiger partial charge in [0.2, 0.25) is 5.91 Å². The molecule has 2 saturated heterocycles. The summed E-state index contributed by atoms with van der Waals surface area (Å²) < 4.78 is 5.64. The van der Waals surface area contributed by atoms with Crippen LogP contribution in [-0.2, 0) is 14.4 Å². The van der Waals surface area contributed by atoms with Gasteiger partial charge in [-0.05, 0) is 55.0 Å². The Morgan fingerprint density at radius 2 is 1.69 bits per heavy atom. The number of aryl methyl sites for hydroxylation is 1. The van der Waals surface area contributed by atoms with Gasteiger partial charge in [0.15, 0.2) is 6.10 Å². The first-order valence-corrected chi connectivity index (χ1v) is 9.62. The molecule has 146 valence electrons. The summed E-state index contributed by atoms with van der Waals surface area (Å²) >= 11 is 5.95. The number of amides is 2. The molecule has 7 heteroatoms. The number of hydrogen-bond donors (Lipinski definition) is 0. The van der Waals surface area contributed by atoms with Gasteiger partial charge in [-0.1, -0.05) is 29.8 Å². The van der Waals surface area contributed by atoms with Crippen molar-refractivity contribution in [2.24, 2.45) is 5.92 Å². The van der Waals surface area contributed by atoms with Gasteiger partial charge in [-0.2, -0.15) is 0 Å². The average molecular weight is 409 g/mol. The third kappa shape index (κ3) is 2.75. The first-order chi connectivity index (χ1) is 14.1. The summed E-state index contributed by atoms with van der Waals surface area (Å²) in [7, 11) is 0. The molecule has 2 aliphatic rings. The van der Waals surface area contributed by atoms with Gasteiger partial charge in [0, 0.05) is 5.02 Å². The zero-order valence-electron chi connectivity index (χ0n) is 15.5. The van der Waals surface area contributed by atoms with Crippen molar-refractivity contribution in [2.75, 3.05) is 9.96 Å². The molecule has 0 unspecified atom stereocenters. The fraction of sp³-hybridized carbons (Fsp3) is 0.182. The minimum Gasteiger partial charge on any atom is -0.467 e. The number of nitrogens with zero attached hydrogens (tertiary/aromatic N) is 2. The van der Waals surface area contributed by atoms with Crippen molar-refractivity contribution in [3.8, 4) is 0 Å². The van der Waals surface area contributed by atoms with Gasteiger partial charge in [-0.3, -0.25) is 14.4 Å². The topological polar surface area (TPSA) is 63.0 Å². The number of carbonyl (C=O) groups is 2. The molecule has 3 aromatic rings. The van der Waals surface area contributed by atoms with Gasteiger partial charge >= 0.3 is 0 Å². The first-order valence-electron chi connectivity index (χ1n) is 9.24. The number of para-hydroxylation sites is 1. The molecule has 2 aliphatic heterocycles. The number of carbonyl (C=O) groups excluding carboxylic acids is 2. The highest BCUT2D eigenvalue weighted by Gasteiger charge is 2.61. The van der Waals surface area contributed by atoms with Gasteiger partial charge in [0.25, 0.3) is 5.91 Å². The van der Waals surface area contributed by atoms with Crippen LogP contribution >= 0.6 is 11.6 Å². The quantitative estimate of drug-likeness (QED) is 0.605. The lowest BCUT2D eigenvalue weighted by atomic mass is 9.94. The maximum Gasteiger partial charge on any atom is 0.266 e. The lowest BCUT2D eigenvalue weighted by molar-refractivity contribution is -0.126. The Morgan fingerprint density at radius 1 is 0.931 bits per heavy atom. The lowest BCUT2D eigenvalue weighted by Gasteiger charge is -2.28. The Balaban J connectivity index is 1.58. The molecule has 0 spiro atoms. The molecular weight excluding hydrogens is 392 g/mol. The van der Waals surface area contributed by atoms with Crippen LogP contribution in [-0.4, -0.2) is 17.9 Å². The number of halogens is 1. The lowest BCUT2D eigenvalue weighted by Crippen LogP contribution is -2.37. The van der Waals surface area contributed by atoms with Crippen LogP contribution in [0.15, 0.2) is 71.3 Å². The SMILES string of the molecule is Cc1ccccc1N1O[C@H]2C(=O)N(c3ccc(Cl)cc3)C(=O)[C@H]2[C@@H]1c1ccco1. The zero-order valence-corrected chi connectivity index (χ0v) is 16.2. The molecule has 0 radical (unpaired) electrons. The van der Waals surface area contributed by atoms with E-state index in [1.165, 1.54) is 4.90 Å². The molecule has 6 nitrogen and oxygen atoms in total. The monoisotopic (exact) mass is 408 g/mol. The average Bonchev–Trinajstić information content (AvgIpc) is 3.41. The van der Waals surface area contributed by atoms with E-state index < -0.39 is 24.0 Å². The van der Waals surface area contributed by atoms with Crippen LogP contribution in [0.2, 0.25) is 5.02 Å². The summed E-state index contributed by atoms with van der Waals surface area (Å²) in [5, 5.41) is 2.17. The Morgan fingerprint density at radius 3 is 2.38 bits per heavy atom. The summed E-state index contributed by atoms with van der Waals surface area (Å²) in [4.78, 5) is 33.8. The van der Waals surface area contributed by atoms with Crippen molar-refractivity contribution in [1.82, 2.24) is 0 Å². The van der Waals surface area contributed by atoms with Crippen molar-refractivity contribution in [1.29, 1.82) is 0 Å². The highest BCUT2D eigenvalue weighted by Crippen LogP contribution is 2.48. The second-order valence-corrected chi connectivity index (χ2v) is 7.55. The molecule has 0 N–H and O–H groups in total. The Kier molecular flexibility index (Phi) is 4.19. The van der Waals surface area contributed by atoms with E-state index in [0.29, 0.717) is 16.5 Å². The summed E-state index contributed by atoms with van der Waals surface area (Å²) in [5.74, 6) is -0.862. The first kappa shape index (κ1) is 18.0. The number of imide groups is 1. The fourth-order valence-electron chi connectivity index (χ4n) is 4.03. The van der Waals surface area contributed by atoms with Crippen molar-refractivity contribution in [3.05, 3.63) is 83.3 Å². The van der Waals surface area contributed by atoms with E-state index in [4.69, 9.17) is 20.9 Å². The summed E-state index contributed by atoms with van der Waals surface area (Å²) in [6.45, 7) is 1.95. The number of benzene rings is 2. The number of hydroxylamine groups is 1. The predicted octanol–water partition coefficient (Wildman–Crippen LogP) is 4.29. The smallest absolute Gasteiger partial charge is 0.266 e. The zero-order chi connectivity index (χ0) is 20.1. The van der Waals surface area contributed by atoms with Crippen LogP contribution in [0.5, 0.6) is 0 Å². The molecule has 2 amide bonds. The maximum atomic E-state index is 13.4. The molecule has 1 aromatic heterocycles. The Bertz CT molecular complexity index is 1080. The largest absolute Gasteiger partial charge is 0.467 e. The highest BCUT2D eigenvalue weighted by atomic mass is 35.5. The molecule has 2 fully saturated rings. The molecule has 29 heavy (non-hydrogen) atoms. The predicted molar refractivity (Wildman–Crippen MR) is 107 cm³/mol. The summed E-state index contributed by atoms with van der Waals surface area (Å²) in [6.07, 6.45) is 0.629. The highest BCUT2D eigenvalue weighted by molar-refractivity contribution is 6.31. The van der Waals surface area contributed by atoms with E-state index in [0.717, 1.165) is 11.3 Å². The minimum atomic E-state index is -0.923. The normalized spacial score (nSPS) is 23.7. The number of furan rings is 1. The molecule has 5 rings (SSSR count). The van der Waals surface area contributed by atoms with Crippen LogP contribution in [0.1, 0.15) is 17.4 Å². The third-order valence-corrected chi connectivity index (χ3v) is 5.64. The van der Waals surface area contributed by atoms with Crippen molar-refractivity contribution in [3.63, 3.8) is 0 Å². The van der Waals surface area contributed by atoms with Gasteiger partial charge in [0.1, 0.15) is 17.7 Å². The number of rotatable bonds is 3. The van der Waals surface area contributed by atoms with Crippen LogP contribution in [0, 0.1) is 12.8 Å². The van der Waals surface area contributed by atoms with Crippen LogP contribution < -0.4 is 9.96 Å². The third-order valence-electron chi connectivity index (χ3n) is 5.39. The second-order valence-electron chi connectivity index (χ2n) is 7.11. The van der Waals surface area contributed by atoms with Crippen LogP contribution in [0.3, 0.4) is 0 Å². The van der Waals surface area contributed by atoms with E-state index in [1.807, 2.05) is 31.2 Å². The van der Waals surface area contributed by atoms with Gasteiger partial charge in [0.05, 0.1) is 17.6 Å². The number of fused-ring (bicyclic) bond motifs is 1. The molecular formula is C22H17ClN2O4. The van der Waals surface area contributed by atoms with E-state index in [9.17, 15) is 9.59 Å². The van der Waals surface area contributed by atoms with Crippen molar-refractivity contribution < 1.29 is 18.8 Å². The molecule has 0 aliphatic carbocycles. The van der Waals surface area contributed by atoms with Crippen LogP contribution in [0.25, 0.3) is 0 Å². The maximum absolute atomic E-state index is 13.4. The van der Waals surface area contributed by atoms with Gasteiger partial charge in [-0.25, -0.2) is 9.96 Å². The molecule has 0 saturated carbocycles. The van der Waals surface area contributed by atoms with Gasteiger partial charge < -0.3 is 4.42 Å². The summed E-state index contributed by atoms with van der Waals surface area (Å²) in [5.41, 5.74) is 2.24. The van der Waals surface area contributed by atoms with Gasteiger partial charge in [-0.15, -0.1) is 0 Å². The van der Waals surface area contributed by atoms with E-state index in [2.05, 4.69) is 0 Å². The molecule has 3 heterocycles. The number of hydrogen-bond acceptors (Lipinski definition) is 5. The fourth-order valence-corrected chi connectivity index (χ4v) is 4.15. The number of anilines is 2. The second kappa shape index (κ2) is 6.76. The molecule has 3 atom stereocenters. The summed E-state index contributed by atoms with van der Waals surface area (Å²) in [6, 6.07) is 17.3. The Labute approximate surface area is 172 Å². The molecule has 0 bridgehead atoms.